The average Bonchev–Trinajstić information content (AvgIpc) is 2.67. The maximum atomic E-state index is 12.3. The van der Waals surface area contributed by atoms with Crippen molar-refractivity contribution in [3.63, 3.8) is 0 Å². The van der Waals surface area contributed by atoms with E-state index in [1.54, 1.807) is 14.0 Å². The van der Waals surface area contributed by atoms with E-state index in [2.05, 4.69) is 19.1 Å². The molecule has 2 rings (SSSR count). The number of hydrogen-bond acceptors (Lipinski definition) is 4. The molecule has 2 aromatic rings. The maximum absolute atomic E-state index is 12.3. The Hall–Kier alpha value is -2.47. The summed E-state index contributed by atoms with van der Waals surface area (Å²) in [6, 6.07) is 8.29. The maximum Gasteiger partial charge on any atom is 0.332 e. The van der Waals surface area contributed by atoms with Gasteiger partial charge in [0.15, 0.2) is 0 Å². The molecule has 1 aromatic carbocycles. The van der Waals surface area contributed by atoms with Crippen molar-refractivity contribution < 1.29 is 4.74 Å². The molecule has 0 aliphatic heterocycles. The fourth-order valence-electron chi connectivity index (χ4n) is 3.30. The summed E-state index contributed by atoms with van der Waals surface area (Å²) in [5.74, 6) is 0.523. The number of ether oxygens (including phenoxy) is 1. The van der Waals surface area contributed by atoms with Crippen molar-refractivity contribution in [1.29, 1.82) is 0 Å². The van der Waals surface area contributed by atoms with Crippen molar-refractivity contribution in [1.82, 2.24) is 9.13 Å². The number of hydrogen-bond donors (Lipinski definition) is 0. The first kappa shape index (κ1) is 20.8. The van der Waals surface area contributed by atoms with Crippen LogP contribution in [0.3, 0.4) is 0 Å². The Labute approximate surface area is 160 Å². The van der Waals surface area contributed by atoms with Crippen molar-refractivity contribution in [2.24, 2.45) is 19.1 Å². The molecule has 1 heterocycles. The molecule has 0 radical (unpaired) electrons. The molecule has 0 aliphatic carbocycles. The monoisotopic (exact) mass is 371 g/mol. The Morgan fingerprint density at radius 1 is 1.19 bits per heavy atom. The van der Waals surface area contributed by atoms with Crippen molar-refractivity contribution in [2.45, 2.75) is 46.6 Å². The number of aromatic nitrogens is 2. The first-order chi connectivity index (χ1) is 12.8. The van der Waals surface area contributed by atoms with Gasteiger partial charge in [-0.05, 0) is 38.3 Å². The number of rotatable bonds is 7. The molecule has 0 fully saturated rings. The molecular weight excluding hydrogens is 342 g/mol. The molecule has 0 aliphatic rings. The highest BCUT2D eigenvalue weighted by atomic mass is 16.5. The summed E-state index contributed by atoms with van der Waals surface area (Å²) in [6.45, 7) is 9.00. The zero-order valence-corrected chi connectivity index (χ0v) is 17.1. The van der Waals surface area contributed by atoms with Crippen LogP contribution in [0.15, 0.2) is 38.8 Å². The minimum atomic E-state index is -0.371. The van der Waals surface area contributed by atoms with Gasteiger partial charge in [-0.15, -0.1) is 0 Å². The summed E-state index contributed by atoms with van der Waals surface area (Å²) in [7, 11) is 3.13. The molecule has 146 valence electrons. The SMILES string of the molecule is CCOCc1cccc(C(CC)C(C)=Nc2c(C)c(=O)n(C)c(=O)n2C)c1. The van der Waals surface area contributed by atoms with Gasteiger partial charge in [-0.25, -0.2) is 9.79 Å². The van der Waals surface area contributed by atoms with E-state index in [1.165, 1.54) is 11.6 Å². The van der Waals surface area contributed by atoms with Crippen LogP contribution in [0.4, 0.5) is 5.82 Å². The van der Waals surface area contributed by atoms with Gasteiger partial charge >= 0.3 is 5.69 Å². The van der Waals surface area contributed by atoms with Gasteiger partial charge in [-0.3, -0.25) is 13.9 Å². The fraction of sp³-hybridized carbons (Fsp3) is 0.476. The molecule has 6 nitrogen and oxygen atoms in total. The Bertz CT molecular complexity index is 917. The minimum Gasteiger partial charge on any atom is -0.377 e. The van der Waals surface area contributed by atoms with Crippen LogP contribution >= 0.6 is 0 Å². The van der Waals surface area contributed by atoms with E-state index in [1.807, 2.05) is 26.0 Å². The van der Waals surface area contributed by atoms with Crippen LogP contribution in [0, 0.1) is 6.92 Å². The zero-order valence-electron chi connectivity index (χ0n) is 17.1. The summed E-state index contributed by atoms with van der Waals surface area (Å²) in [6.07, 6.45) is 0.866. The predicted molar refractivity (Wildman–Crippen MR) is 109 cm³/mol. The molecule has 1 aromatic heterocycles. The molecule has 1 atom stereocenters. The van der Waals surface area contributed by atoms with Crippen LogP contribution in [0.5, 0.6) is 0 Å². The molecule has 6 heteroatoms. The lowest BCUT2D eigenvalue weighted by atomic mass is 9.91. The summed E-state index contributed by atoms with van der Waals surface area (Å²) < 4.78 is 8.05. The Balaban J connectivity index is 2.48. The van der Waals surface area contributed by atoms with Crippen LogP contribution in [-0.2, 0) is 25.4 Å². The van der Waals surface area contributed by atoms with E-state index in [0.717, 1.165) is 27.8 Å². The molecule has 1 unspecified atom stereocenters. The molecule has 0 bridgehead atoms. The number of benzene rings is 1. The van der Waals surface area contributed by atoms with Crippen LogP contribution in [-0.4, -0.2) is 21.5 Å². The number of aliphatic imine (C=N–C) groups is 1. The second-order valence-electron chi connectivity index (χ2n) is 6.75. The van der Waals surface area contributed by atoms with Crippen LogP contribution in [0.2, 0.25) is 0 Å². The second kappa shape index (κ2) is 8.95. The van der Waals surface area contributed by atoms with E-state index in [9.17, 15) is 9.59 Å². The van der Waals surface area contributed by atoms with Gasteiger partial charge in [0.05, 0.1) is 12.2 Å². The molecule has 0 saturated heterocycles. The normalized spacial score (nSPS) is 13.0. The van der Waals surface area contributed by atoms with E-state index >= 15 is 0 Å². The second-order valence-corrected chi connectivity index (χ2v) is 6.75. The third-order valence-corrected chi connectivity index (χ3v) is 4.87. The van der Waals surface area contributed by atoms with Crippen molar-refractivity contribution >= 4 is 11.5 Å². The van der Waals surface area contributed by atoms with Crippen LogP contribution in [0.25, 0.3) is 0 Å². The predicted octanol–water partition coefficient (Wildman–Crippen LogP) is 3.22. The summed E-state index contributed by atoms with van der Waals surface area (Å²) in [5, 5.41) is 0. The number of nitrogens with zero attached hydrogens (tertiary/aromatic N) is 3. The standard InChI is InChI=1S/C21H29N3O3/c1-7-18(17-11-9-10-16(12-17)13-27-8-2)15(4)22-19-14(3)20(25)24(6)21(26)23(19)5/h9-12,18H,7-8,13H2,1-6H3. The van der Waals surface area contributed by atoms with E-state index in [-0.39, 0.29) is 17.2 Å². The molecule has 27 heavy (non-hydrogen) atoms. The fourth-order valence-corrected chi connectivity index (χ4v) is 3.30. The van der Waals surface area contributed by atoms with E-state index in [0.29, 0.717) is 24.6 Å². The lowest BCUT2D eigenvalue weighted by molar-refractivity contribution is 0.134. The third kappa shape index (κ3) is 4.45. The van der Waals surface area contributed by atoms with E-state index < -0.39 is 0 Å². The topological polar surface area (TPSA) is 65.6 Å². The Morgan fingerprint density at radius 2 is 1.89 bits per heavy atom. The largest absolute Gasteiger partial charge is 0.377 e. The van der Waals surface area contributed by atoms with Gasteiger partial charge in [-0.1, -0.05) is 31.2 Å². The van der Waals surface area contributed by atoms with Crippen molar-refractivity contribution in [3.8, 4) is 0 Å². The Kier molecular flexibility index (Phi) is 6.91. The average molecular weight is 371 g/mol. The minimum absolute atomic E-state index is 0.102. The van der Waals surface area contributed by atoms with Gasteiger partial charge in [0, 0.05) is 32.3 Å². The van der Waals surface area contributed by atoms with Gasteiger partial charge in [-0.2, -0.15) is 0 Å². The van der Waals surface area contributed by atoms with Gasteiger partial charge in [0.2, 0.25) is 0 Å². The van der Waals surface area contributed by atoms with Crippen LogP contribution < -0.4 is 11.2 Å². The summed E-state index contributed by atoms with van der Waals surface area (Å²) >= 11 is 0. The Morgan fingerprint density at radius 3 is 2.52 bits per heavy atom. The van der Waals surface area contributed by atoms with Crippen molar-refractivity contribution in [3.05, 3.63) is 61.8 Å². The highest BCUT2D eigenvalue weighted by molar-refractivity contribution is 5.90. The highest BCUT2D eigenvalue weighted by Crippen LogP contribution is 2.25. The third-order valence-electron chi connectivity index (χ3n) is 4.87. The first-order valence-corrected chi connectivity index (χ1v) is 9.30. The lowest BCUT2D eigenvalue weighted by Gasteiger charge is -2.18. The van der Waals surface area contributed by atoms with E-state index in [4.69, 9.17) is 9.73 Å². The summed E-state index contributed by atoms with van der Waals surface area (Å²) in [5.41, 5.74) is 2.94. The smallest absolute Gasteiger partial charge is 0.332 e. The zero-order chi connectivity index (χ0) is 20.1. The van der Waals surface area contributed by atoms with Crippen molar-refractivity contribution in [2.75, 3.05) is 6.61 Å². The molecule has 0 spiro atoms. The molecule has 0 amide bonds. The molecule has 0 saturated carbocycles. The first-order valence-electron chi connectivity index (χ1n) is 9.30. The lowest BCUT2D eigenvalue weighted by Crippen LogP contribution is -2.38. The van der Waals surface area contributed by atoms with Gasteiger partial charge in [0.25, 0.3) is 5.56 Å². The molecule has 0 N–H and O–H groups in total. The van der Waals surface area contributed by atoms with Gasteiger partial charge in [0.1, 0.15) is 5.82 Å². The highest BCUT2D eigenvalue weighted by Gasteiger charge is 2.16. The quantitative estimate of drug-likeness (QED) is 0.702. The summed E-state index contributed by atoms with van der Waals surface area (Å²) in [4.78, 5) is 29.2. The van der Waals surface area contributed by atoms with Gasteiger partial charge < -0.3 is 4.74 Å². The van der Waals surface area contributed by atoms with Crippen LogP contribution in [0.1, 0.15) is 49.8 Å². The molecular formula is C21H29N3O3.